The molecule has 0 saturated heterocycles. The minimum absolute atomic E-state index is 0. The van der Waals surface area contributed by atoms with Gasteiger partial charge in [0, 0.05) is 0 Å². The van der Waals surface area contributed by atoms with Gasteiger partial charge in [0.1, 0.15) is 0 Å². The Labute approximate surface area is 80.3 Å². The molecule has 0 atom stereocenters. The van der Waals surface area contributed by atoms with Gasteiger partial charge < -0.3 is 14.7 Å². The van der Waals surface area contributed by atoms with Crippen molar-refractivity contribution in [2.75, 3.05) is 0 Å². The van der Waals surface area contributed by atoms with Crippen molar-refractivity contribution < 1.29 is 37.7 Å². The van der Waals surface area contributed by atoms with E-state index in [9.17, 15) is 0 Å². The minimum atomic E-state index is -3.81. The Hall–Kier alpha value is 1.69. The van der Waals surface area contributed by atoms with Crippen LogP contribution in [0.15, 0.2) is 0 Å². The molecular formula is H4GeLiO4PS2. The monoisotopic (exact) mass is 244 g/mol. The first-order valence-corrected chi connectivity index (χ1v) is 8.34. The standard InChI is InChI=1S/GeHOS.Li.H3O3PS/c2-1-3;;1-4(2,3)5/h1H;;(H3,1,2,3,5)/q-1;+1;. The van der Waals surface area contributed by atoms with E-state index in [1.165, 1.54) is 0 Å². The van der Waals surface area contributed by atoms with Gasteiger partial charge in [0.05, 0.1) is 0 Å². The summed E-state index contributed by atoms with van der Waals surface area (Å²) in [5.74, 6) is 0. The third kappa shape index (κ3) is 201. The van der Waals surface area contributed by atoms with E-state index in [0.717, 1.165) is 0 Å². The molecule has 0 aromatic heterocycles. The van der Waals surface area contributed by atoms with Gasteiger partial charge in [-0.15, -0.1) is 0 Å². The van der Waals surface area contributed by atoms with E-state index < -0.39 is 20.8 Å². The molecular weight excluding hydrogens is 239 g/mol. The van der Waals surface area contributed by atoms with Gasteiger partial charge in [-0.3, -0.25) is 0 Å². The molecule has 0 amide bonds. The fraction of sp³-hybridized carbons (Fsp3) is 0. The SMILES string of the molecule is OP(O)(O)=S.[Li+].[O-][GeH]=[S]. The molecule has 0 spiro atoms. The predicted molar refractivity (Wildman–Crippen MR) is 35.7 cm³/mol. The van der Waals surface area contributed by atoms with Gasteiger partial charge in [-0.25, -0.2) is 0 Å². The quantitative estimate of drug-likeness (QED) is 0.292. The Balaban J connectivity index is -0.0000000800. The van der Waals surface area contributed by atoms with Gasteiger partial charge in [-0.05, 0) is 11.8 Å². The third-order valence-electron chi connectivity index (χ3n) is 0. The van der Waals surface area contributed by atoms with Crippen LogP contribution in [-0.2, 0) is 11.8 Å². The molecule has 0 aliphatic heterocycles. The number of hydrogen-bond acceptors (Lipinski definition) is 3. The van der Waals surface area contributed by atoms with Crippen molar-refractivity contribution >= 4 is 43.1 Å². The second-order valence-corrected chi connectivity index (χ2v) is 4.51. The Morgan fingerprint density at radius 1 is 1.33 bits per heavy atom. The first-order chi connectivity index (χ1) is 3.41. The van der Waals surface area contributed by atoms with Crippen molar-refractivity contribution in [2.45, 2.75) is 0 Å². The van der Waals surface area contributed by atoms with Crippen LogP contribution in [0.1, 0.15) is 0 Å². The van der Waals surface area contributed by atoms with Crippen LogP contribution in [0.4, 0.5) is 0 Å². The third-order valence-corrected chi connectivity index (χ3v) is 0. The van der Waals surface area contributed by atoms with E-state index in [1.807, 2.05) is 0 Å². The summed E-state index contributed by atoms with van der Waals surface area (Å²) in [5, 5.41) is 0. The van der Waals surface area contributed by atoms with Crippen molar-refractivity contribution in [3.05, 3.63) is 0 Å². The molecule has 0 heterocycles. The normalized spacial score (nSPS) is 7.89. The topological polar surface area (TPSA) is 83.8 Å². The van der Waals surface area contributed by atoms with Crippen molar-refractivity contribution in [3.8, 4) is 0 Å². The maximum atomic E-state index is 8.90. The van der Waals surface area contributed by atoms with E-state index in [1.54, 1.807) is 0 Å². The van der Waals surface area contributed by atoms with Crippen molar-refractivity contribution in [1.82, 2.24) is 0 Å². The van der Waals surface area contributed by atoms with E-state index in [2.05, 4.69) is 22.3 Å². The first-order valence-electron chi connectivity index (χ1n) is 1.25. The molecule has 0 aliphatic rings. The van der Waals surface area contributed by atoms with E-state index in [-0.39, 0.29) is 18.9 Å². The molecule has 0 fully saturated rings. The summed E-state index contributed by atoms with van der Waals surface area (Å²) >= 11 is 2.25. The van der Waals surface area contributed by atoms with Gasteiger partial charge >= 0.3 is 54.3 Å². The zero-order valence-corrected chi connectivity index (χ0v) is 9.54. The summed E-state index contributed by atoms with van der Waals surface area (Å²) in [6, 6.07) is 0. The van der Waals surface area contributed by atoms with Crippen LogP contribution in [0.3, 0.4) is 0 Å². The molecule has 4 nitrogen and oxygen atoms in total. The fourth-order valence-corrected chi connectivity index (χ4v) is 0. The second kappa shape index (κ2) is 9.69. The van der Waals surface area contributed by atoms with Crippen molar-refractivity contribution in [1.29, 1.82) is 0 Å². The summed E-state index contributed by atoms with van der Waals surface area (Å²) in [6.07, 6.45) is 0. The molecule has 0 unspecified atom stereocenters. The van der Waals surface area contributed by atoms with Crippen LogP contribution < -0.4 is 23.0 Å². The molecule has 0 aliphatic carbocycles. The summed E-state index contributed by atoms with van der Waals surface area (Å²) in [4.78, 5) is 22.7. The molecule has 0 radical (unpaired) electrons. The molecule has 0 bridgehead atoms. The Kier molecular flexibility index (Phi) is 18.3. The van der Waals surface area contributed by atoms with E-state index in [0.29, 0.717) is 0 Å². The van der Waals surface area contributed by atoms with Gasteiger partial charge in [-0.2, -0.15) is 0 Å². The summed E-state index contributed by atoms with van der Waals surface area (Å²) in [7, 11) is 3.99. The van der Waals surface area contributed by atoms with Crippen molar-refractivity contribution in [3.63, 3.8) is 0 Å². The second-order valence-electron chi connectivity index (χ2n) is 0.610. The summed E-state index contributed by atoms with van der Waals surface area (Å²) in [6.45, 7) is -3.81. The van der Waals surface area contributed by atoms with Crippen LogP contribution in [0.5, 0.6) is 0 Å². The molecule has 3 N–H and O–H groups in total. The molecule has 0 rings (SSSR count). The zero-order chi connectivity index (χ0) is 7.21. The number of hydrogen-bond donors (Lipinski definition) is 3. The Bertz CT molecular complexity index is 92.5. The van der Waals surface area contributed by atoms with Crippen LogP contribution in [-0.4, -0.2) is 28.8 Å². The Morgan fingerprint density at radius 3 is 1.33 bits per heavy atom. The molecule has 50 valence electrons. The van der Waals surface area contributed by atoms with Crippen LogP contribution >= 0.6 is 17.2 Å². The first kappa shape index (κ1) is 17.0. The molecule has 9 heavy (non-hydrogen) atoms. The summed E-state index contributed by atoms with van der Waals surface area (Å²) in [5.41, 5.74) is 0. The molecule has 0 saturated carbocycles. The van der Waals surface area contributed by atoms with Gasteiger partial charge in [-0.1, -0.05) is 0 Å². The van der Waals surface area contributed by atoms with Crippen LogP contribution in [0.25, 0.3) is 0 Å². The summed E-state index contributed by atoms with van der Waals surface area (Å²) < 4.78 is 8.90. The number of rotatable bonds is 0. The Morgan fingerprint density at radius 2 is 1.33 bits per heavy atom. The molecule has 9 heteroatoms. The van der Waals surface area contributed by atoms with Gasteiger partial charge in [0.25, 0.3) is 0 Å². The van der Waals surface area contributed by atoms with Gasteiger partial charge in [0.2, 0.25) is 0 Å². The molecule has 0 aromatic carbocycles. The fourth-order valence-electron chi connectivity index (χ4n) is 0. The van der Waals surface area contributed by atoms with E-state index in [4.69, 9.17) is 18.8 Å². The van der Waals surface area contributed by atoms with Gasteiger partial charge in [0.15, 0.2) is 0 Å². The average molecular weight is 243 g/mol. The predicted octanol–water partition coefficient (Wildman–Crippen LogP) is -5.00. The van der Waals surface area contributed by atoms with Crippen LogP contribution in [0, 0.1) is 0 Å². The zero-order valence-electron chi connectivity index (χ0n) is 4.59. The maximum absolute atomic E-state index is 8.90. The van der Waals surface area contributed by atoms with Crippen LogP contribution in [0.2, 0.25) is 0 Å². The van der Waals surface area contributed by atoms with E-state index >= 15 is 0 Å². The van der Waals surface area contributed by atoms with Crippen molar-refractivity contribution in [2.24, 2.45) is 0 Å². The molecule has 0 aromatic rings. The average Bonchev–Trinajstić information content (AvgIpc) is 1.27.